The fraction of sp³-hybridized carbons (Fsp3) is 0.261. The van der Waals surface area contributed by atoms with E-state index in [1.165, 1.54) is 6.08 Å². The molecule has 162 valence electrons. The predicted molar refractivity (Wildman–Crippen MR) is 116 cm³/mol. The highest BCUT2D eigenvalue weighted by atomic mass is 16.5. The van der Waals surface area contributed by atoms with E-state index in [0.29, 0.717) is 16.9 Å². The third kappa shape index (κ3) is 5.10. The lowest BCUT2D eigenvalue weighted by molar-refractivity contribution is -0.137. The molecule has 0 saturated heterocycles. The minimum Gasteiger partial charge on any atom is -0.462 e. The van der Waals surface area contributed by atoms with E-state index < -0.39 is 17.8 Å². The van der Waals surface area contributed by atoms with Crippen LogP contribution in [-0.2, 0) is 14.3 Å². The summed E-state index contributed by atoms with van der Waals surface area (Å²) in [5.41, 5.74) is 2.53. The number of amides is 2. The Balaban J connectivity index is 1.90. The molecule has 0 saturated carbocycles. The van der Waals surface area contributed by atoms with E-state index in [2.05, 4.69) is 10.6 Å². The zero-order valence-corrected chi connectivity index (χ0v) is 17.4. The number of anilines is 2. The van der Waals surface area contributed by atoms with Gasteiger partial charge in [-0.1, -0.05) is 30.3 Å². The minimum absolute atomic E-state index is 0.0593. The topological polar surface area (TPSA) is 108 Å². The average Bonchev–Trinajstić information content (AvgIpc) is 3.03. The van der Waals surface area contributed by atoms with E-state index in [-0.39, 0.29) is 31.5 Å². The number of carbonyl (C=O) groups excluding carboxylic acids is 3. The first-order chi connectivity index (χ1) is 14.9. The van der Waals surface area contributed by atoms with Gasteiger partial charge in [-0.25, -0.2) is 4.79 Å². The van der Waals surface area contributed by atoms with Crippen molar-refractivity contribution in [1.29, 1.82) is 0 Å². The van der Waals surface area contributed by atoms with Gasteiger partial charge in [-0.15, -0.1) is 0 Å². The molecular formula is C23H25N3O5. The quantitative estimate of drug-likeness (QED) is 0.420. The van der Waals surface area contributed by atoms with Gasteiger partial charge in [-0.05, 0) is 37.6 Å². The number of benzene rings is 2. The van der Waals surface area contributed by atoms with Crippen LogP contribution in [0.5, 0.6) is 0 Å². The van der Waals surface area contributed by atoms with Crippen molar-refractivity contribution in [1.82, 2.24) is 4.90 Å². The molecule has 0 fully saturated rings. The average molecular weight is 423 g/mol. The lowest BCUT2D eigenvalue weighted by atomic mass is 10.1. The third-order valence-electron chi connectivity index (χ3n) is 4.80. The zero-order valence-electron chi connectivity index (χ0n) is 17.4. The molecule has 0 aromatic heterocycles. The Kier molecular flexibility index (Phi) is 7.04. The summed E-state index contributed by atoms with van der Waals surface area (Å²) in [7, 11) is 0. The Morgan fingerprint density at radius 3 is 2.55 bits per heavy atom. The summed E-state index contributed by atoms with van der Waals surface area (Å²) in [6.45, 7) is 3.54. The van der Waals surface area contributed by atoms with Gasteiger partial charge in [0, 0.05) is 12.1 Å². The number of aliphatic hydroxyl groups excluding tert-OH is 1. The highest BCUT2D eigenvalue weighted by Gasteiger charge is 2.31. The second-order valence-electron chi connectivity index (χ2n) is 6.96. The van der Waals surface area contributed by atoms with Crippen LogP contribution in [0.3, 0.4) is 0 Å². The first-order valence-electron chi connectivity index (χ1n) is 10.0. The summed E-state index contributed by atoms with van der Waals surface area (Å²) in [4.78, 5) is 37.8. The molecule has 0 aliphatic carbocycles. The molecule has 8 nitrogen and oxygen atoms in total. The number of carbonyl (C=O) groups is 3. The van der Waals surface area contributed by atoms with Gasteiger partial charge in [0.15, 0.2) is 0 Å². The number of hydrogen-bond donors (Lipinski definition) is 3. The summed E-state index contributed by atoms with van der Waals surface area (Å²) < 4.78 is 5.07. The van der Waals surface area contributed by atoms with Crippen molar-refractivity contribution in [2.24, 2.45) is 0 Å². The minimum atomic E-state index is -0.539. The van der Waals surface area contributed by atoms with E-state index in [4.69, 9.17) is 9.84 Å². The van der Waals surface area contributed by atoms with Crippen LogP contribution < -0.4 is 10.6 Å². The lowest BCUT2D eigenvalue weighted by Crippen LogP contribution is -2.34. The Morgan fingerprint density at radius 1 is 1.13 bits per heavy atom. The smallest absolute Gasteiger partial charge is 0.338 e. The first-order valence-corrected chi connectivity index (χ1v) is 10.0. The lowest BCUT2D eigenvalue weighted by Gasteiger charge is -2.20. The SMILES string of the molecule is CCOC(=O)c1ccc(NC(C)c2ccccc2)c(NC2=CC(=O)N(CCO)C2=O)c1. The second-order valence-corrected chi connectivity index (χ2v) is 6.96. The molecule has 3 rings (SSSR count). The Bertz CT molecular complexity index is 1000. The Morgan fingerprint density at radius 2 is 1.87 bits per heavy atom. The van der Waals surface area contributed by atoms with E-state index in [1.54, 1.807) is 25.1 Å². The van der Waals surface area contributed by atoms with Crippen LogP contribution >= 0.6 is 0 Å². The van der Waals surface area contributed by atoms with E-state index in [9.17, 15) is 14.4 Å². The highest BCUT2D eigenvalue weighted by Crippen LogP contribution is 2.30. The maximum Gasteiger partial charge on any atom is 0.338 e. The van der Waals surface area contributed by atoms with Crippen molar-refractivity contribution in [3.05, 3.63) is 71.4 Å². The van der Waals surface area contributed by atoms with Gasteiger partial charge < -0.3 is 20.5 Å². The molecule has 8 heteroatoms. The second kappa shape index (κ2) is 9.90. The van der Waals surface area contributed by atoms with Crippen LogP contribution in [0.25, 0.3) is 0 Å². The van der Waals surface area contributed by atoms with Gasteiger partial charge in [0.1, 0.15) is 5.70 Å². The number of ether oxygens (including phenoxy) is 1. The van der Waals surface area contributed by atoms with E-state index in [0.717, 1.165) is 10.5 Å². The van der Waals surface area contributed by atoms with Crippen molar-refractivity contribution in [3.63, 3.8) is 0 Å². The number of nitrogens with zero attached hydrogens (tertiary/aromatic N) is 1. The number of imide groups is 1. The number of nitrogens with one attached hydrogen (secondary N) is 2. The molecule has 2 aromatic rings. The van der Waals surface area contributed by atoms with Gasteiger partial charge in [0.05, 0.1) is 36.7 Å². The van der Waals surface area contributed by atoms with Crippen molar-refractivity contribution >= 4 is 29.2 Å². The van der Waals surface area contributed by atoms with E-state index in [1.807, 2.05) is 37.3 Å². The molecule has 2 amide bonds. The molecule has 3 N–H and O–H groups in total. The first kappa shape index (κ1) is 22.0. The summed E-state index contributed by atoms with van der Waals surface area (Å²) in [5, 5.41) is 15.4. The fourth-order valence-electron chi connectivity index (χ4n) is 3.23. The van der Waals surface area contributed by atoms with Crippen LogP contribution in [0.1, 0.15) is 35.8 Å². The van der Waals surface area contributed by atoms with Gasteiger partial charge in [-0.3, -0.25) is 14.5 Å². The number of rotatable bonds is 9. The number of aliphatic hydroxyl groups is 1. The normalized spacial score (nSPS) is 14.3. The van der Waals surface area contributed by atoms with Gasteiger partial charge in [0.2, 0.25) is 0 Å². The third-order valence-corrected chi connectivity index (χ3v) is 4.80. The van der Waals surface area contributed by atoms with Gasteiger partial charge >= 0.3 is 5.97 Å². The van der Waals surface area contributed by atoms with Crippen molar-refractivity contribution < 1.29 is 24.2 Å². The molecule has 0 spiro atoms. The summed E-state index contributed by atoms with van der Waals surface area (Å²) >= 11 is 0. The summed E-state index contributed by atoms with van der Waals surface area (Å²) in [5.74, 6) is -1.53. The van der Waals surface area contributed by atoms with Crippen LogP contribution in [-0.4, -0.2) is 47.5 Å². The van der Waals surface area contributed by atoms with E-state index >= 15 is 0 Å². The standard InChI is InChI=1S/C23H25N3O5/c1-3-31-23(30)17-9-10-18(24-15(2)16-7-5-4-6-8-16)19(13-17)25-20-14-21(28)26(11-12-27)22(20)29/h4-10,13-15,24-25,27H,3,11-12H2,1-2H3. The molecule has 1 atom stereocenters. The number of β-amino-alcohol motifs (C(OH)–C–C–N with tert-alkyl or cyclic N) is 1. The molecule has 31 heavy (non-hydrogen) atoms. The number of esters is 1. The molecule has 2 aromatic carbocycles. The predicted octanol–water partition coefficient (Wildman–Crippen LogP) is 2.69. The fourth-order valence-corrected chi connectivity index (χ4v) is 3.23. The summed E-state index contributed by atoms with van der Waals surface area (Å²) in [6.07, 6.45) is 1.18. The molecule has 0 radical (unpaired) electrons. The Hall–Kier alpha value is -3.65. The van der Waals surface area contributed by atoms with Gasteiger partial charge in [0.25, 0.3) is 11.8 Å². The van der Waals surface area contributed by atoms with Crippen molar-refractivity contribution in [2.45, 2.75) is 19.9 Å². The van der Waals surface area contributed by atoms with Crippen LogP contribution in [0.4, 0.5) is 11.4 Å². The highest BCUT2D eigenvalue weighted by molar-refractivity contribution is 6.17. The van der Waals surface area contributed by atoms with Gasteiger partial charge in [-0.2, -0.15) is 0 Å². The van der Waals surface area contributed by atoms with Crippen molar-refractivity contribution in [3.8, 4) is 0 Å². The molecule has 0 bridgehead atoms. The molecular weight excluding hydrogens is 398 g/mol. The molecule has 1 heterocycles. The van der Waals surface area contributed by atoms with Crippen LogP contribution in [0.2, 0.25) is 0 Å². The maximum absolute atomic E-state index is 12.5. The Labute approximate surface area is 180 Å². The molecule has 1 aliphatic heterocycles. The molecule has 1 aliphatic rings. The summed E-state index contributed by atoms with van der Waals surface area (Å²) in [6, 6.07) is 14.7. The van der Waals surface area contributed by atoms with Crippen LogP contribution in [0, 0.1) is 0 Å². The van der Waals surface area contributed by atoms with Crippen molar-refractivity contribution in [2.75, 3.05) is 30.4 Å². The largest absolute Gasteiger partial charge is 0.462 e. The van der Waals surface area contributed by atoms with Crippen LogP contribution in [0.15, 0.2) is 60.3 Å². The zero-order chi connectivity index (χ0) is 22.4. The number of hydrogen-bond acceptors (Lipinski definition) is 7. The monoisotopic (exact) mass is 423 g/mol. The molecule has 1 unspecified atom stereocenters. The maximum atomic E-state index is 12.5.